The maximum atomic E-state index is 11.5. The van der Waals surface area contributed by atoms with Crippen molar-refractivity contribution in [2.45, 2.75) is 6.92 Å². The highest BCUT2D eigenvalue weighted by Gasteiger charge is 2.06. The van der Waals surface area contributed by atoms with E-state index in [2.05, 4.69) is 10.6 Å². The van der Waals surface area contributed by atoms with Crippen molar-refractivity contribution < 1.29 is 4.79 Å². The molecule has 1 aromatic rings. The number of likely N-dealkylation sites (N-methyl/N-ethyl adjacent to an activating group) is 1. The van der Waals surface area contributed by atoms with Crippen LogP contribution in [-0.2, 0) is 4.79 Å². The average Bonchev–Trinajstić information content (AvgIpc) is 2.26. The maximum Gasteiger partial charge on any atom is 0.238 e. The van der Waals surface area contributed by atoms with Gasteiger partial charge in [-0.25, -0.2) is 0 Å². The largest absolute Gasteiger partial charge is 0.376 e. The second-order valence-corrected chi connectivity index (χ2v) is 4.30. The van der Waals surface area contributed by atoms with E-state index in [-0.39, 0.29) is 5.91 Å². The van der Waals surface area contributed by atoms with Crippen molar-refractivity contribution in [2.75, 3.05) is 37.4 Å². The van der Waals surface area contributed by atoms with Crippen LogP contribution in [0.1, 0.15) is 6.92 Å². The monoisotopic (exact) mass is 255 g/mol. The van der Waals surface area contributed by atoms with Crippen LogP contribution in [0.15, 0.2) is 18.2 Å². The van der Waals surface area contributed by atoms with Gasteiger partial charge in [0.2, 0.25) is 5.91 Å². The molecule has 0 atom stereocenters. The van der Waals surface area contributed by atoms with Crippen LogP contribution in [0.2, 0.25) is 5.02 Å². The minimum Gasteiger partial charge on any atom is -0.376 e. The molecule has 0 bridgehead atoms. The molecule has 0 saturated carbocycles. The molecule has 1 rings (SSSR count). The Kier molecular flexibility index (Phi) is 5.25. The van der Waals surface area contributed by atoms with Crippen molar-refractivity contribution >= 4 is 28.9 Å². The van der Waals surface area contributed by atoms with Crippen molar-refractivity contribution in [3.63, 3.8) is 0 Å². The van der Waals surface area contributed by atoms with Crippen molar-refractivity contribution in [1.82, 2.24) is 5.32 Å². The summed E-state index contributed by atoms with van der Waals surface area (Å²) in [7, 11) is 3.84. The fraction of sp³-hybridized carbons (Fsp3) is 0.417. The fourth-order valence-corrected chi connectivity index (χ4v) is 1.74. The van der Waals surface area contributed by atoms with Gasteiger partial charge in [-0.3, -0.25) is 4.79 Å². The fourth-order valence-electron chi connectivity index (χ4n) is 1.39. The van der Waals surface area contributed by atoms with E-state index in [4.69, 9.17) is 11.6 Å². The zero-order valence-corrected chi connectivity index (χ0v) is 11.1. The van der Waals surface area contributed by atoms with Crippen LogP contribution in [0.4, 0.5) is 11.4 Å². The molecule has 0 unspecified atom stereocenters. The van der Waals surface area contributed by atoms with Gasteiger partial charge >= 0.3 is 0 Å². The second kappa shape index (κ2) is 6.47. The Morgan fingerprint density at radius 3 is 2.65 bits per heavy atom. The van der Waals surface area contributed by atoms with E-state index < -0.39 is 0 Å². The van der Waals surface area contributed by atoms with Gasteiger partial charge in [-0.2, -0.15) is 0 Å². The van der Waals surface area contributed by atoms with Gasteiger partial charge in [-0.05, 0) is 24.7 Å². The first-order chi connectivity index (χ1) is 8.04. The van der Waals surface area contributed by atoms with E-state index in [0.717, 1.165) is 12.2 Å². The van der Waals surface area contributed by atoms with Crippen molar-refractivity contribution in [3.8, 4) is 0 Å². The Morgan fingerprint density at radius 2 is 2.12 bits per heavy atom. The number of carbonyl (C=O) groups is 1. The lowest BCUT2D eigenvalue weighted by Gasteiger charge is -2.15. The van der Waals surface area contributed by atoms with Gasteiger partial charge in [0.1, 0.15) is 0 Å². The third-order valence-corrected chi connectivity index (χ3v) is 2.55. The highest BCUT2D eigenvalue weighted by molar-refractivity contribution is 6.33. The predicted octanol–water partition coefficient (Wildman–Crippen LogP) is 1.95. The summed E-state index contributed by atoms with van der Waals surface area (Å²) in [6, 6.07) is 5.47. The van der Waals surface area contributed by atoms with Crippen LogP contribution >= 0.6 is 11.6 Å². The number of amides is 1. The zero-order chi connectivity index (χ0) is 12.8. The molecule has 0 spiro atoms. The van der Waals surface area contributed by atoms with E-state index in [1.165, 1.54) is 0 Å². The summed E-state index contributed by atoms with van der Waals surface area (Å²) < 4.78 is 0. The summed E-state index contributed by atoms with van der Waals surface area (Å²) in [5.41, 5.74) is 1.64. The summed E-state index contributed by atoms with van der Waals surface area (Å²) in [6.07, 6.45) is 0. The molecule has 94 valence electrons. The topological polar surface area (TPSA) is 44.4 Å². The summed E-state index contributed by atoms with van der Waals surface area (Å²) in [4.78, 5) is 13.4. The van der Waals surface area contributed by atoms with Crippen LogP contribution in [-0.4, -0.2) is 33.1 Å². The van der Waals surface area contributed by atoms with Crippen LogP contribution in [0, 0.1) is 0 Å². The van der Waals surface area contributed by atoms with Crippen LogP contribution in [0.3, 0.4) is 0 Å². The summed E-state index contributed by atoms with van der Waals surface area (Å²) in [6.45, 7) is 3.04. The van der Waals surface area contributed by atoms with E-state index >= 15 is 0 Å². The molecule has 17 heavy (non-hydrogen) atoms. The lowest BCUT2D eigenvalue weighted by Crippen LogP contribution is -2.27. The first-order valence-corrected chi connectivity index (χ1v) is 5.89. The highest BCUT2D eigenvalue weighted by Crippen LogP contribution is 2.27. The molecule has 0 aliphatic heterocycles. The third kappa shape index (κ3) is 4.24. The van der Waals surface area contributed by atoms with Crippen molar-refractivity contribution in [3.05, 3.63) is 23.2 Å². The van der Waals surface area contributed by atoms with Crippen molar-refractivity contribution in [1.29, 1.82) is 0 Å². The van der Waals surface area contributed by atoms with E-state index in [1.54, 1.807) is 6.07 Å². The number of hydrogen-bond donors (Lipinski definition) is 2. The molecule has 1 amide bonds. The van der Waals surface area contributed by atoms with Crippen molar-refractivity contribution in [2.24, 2.45) is 0 Å². The van der Waals surface area contributed by atoms with Gasteiger partial charge in [-0.1, -0.05) is 18.5 Å². The van der Waals surface area contributed by atoms with Gasteiger partial charge in [0.15, 0.2) is 0 Å². The van der Waals surface area contributed by atoms with Crippen LogP contribution in [0.25, 0.3) is 0 Å². The Labute approximate surface area is 107 Å². The molecule has 0 saturated heterocycles. The van der Waals surface area contributed by atoms with Crippen LogP contribution < -0.4 is 15.5 Å². The maximum absolute atomic E-state index is 11.5. The predicted molar refractivity (Wildman–Crippen MR) is 73.0 cm³/mol. The zero-order valence-electron chi connectivity index (χ0n) is 10.4. The SMILES string of the molecule is CCNCC(=O)Nc1ccc(N(C)C)c(Cl)c1. The standard InChI is InChI=1S/C12H18ClN3O/c1-4-14-8-12(17)15-9-5-6-11(16(2)3)10(13)7-9/h5-7,14H,4,8H2,1-3H3,(H,15,17). The number of halogens is 1. The van der Waals surface area contributed by atoms with Crippen LogP contribution in [0.5, 0.6) is 0 Å². The number of hydrogen-bond acceptors (Lipinski definition) is 3. The molecule has 0 radical (unpaired) electrons. The minimum absolute atomic E-state index is 0.0690. The van der Waals surface area contributed by atoms with Gasteiger partial charge < -0.3 is 15.5 Å². The lowest BCUT2D eigenvalue weighted by molar-refractivity contribution is -0.115. The van der Waals surface area contributed by atoms with E-state index in [1.807, 2.05) is 38.1 Å². The molecule has 0 aromatic heterocycles. The molecule has 0 aliphatic carbocycles. The number of benzene rings is 1. The summed E-state index contributed by atoms with van der Waals surface area (Å²) >= 11 is 6.10. The number of nitrogens with one attached hydrogen (secondary N) is 2. The van der Waals surface area contributed by atoms with Gasteiger partial charge in [0.25, 0.3) is 0 Å². The lowest BCUT2D eigenvalue weighted by atomic mass is 10.2. The quantitative estimate of drug-likeness (QED) is 0.845. The van der Waals surface area contributed by atoms with Gasteiger partial charge in [0.05, 0.1) is 17.3 Å². The molecule has 2 N–H and O–H groups in total. The number of nitrogens with zero attached hydrogens (tertiary/aromatic N) is 1. The Balaban J connectivity index is 2.67. The molecule has 0 fully saturated rings. The molecule has 0 heterocycles. The molecular weight excluding hydrogens is 238 g/mol. The molecule has 1 aromatic carbocycles. The Bertz CT molecular complexity index is 393. The normalized spacial score (nSPS) is 10.1. The highest BCUT2D eigenvalue weighted by atomic mass is 35.5. The molecule has 4 nitrogen and oxygen atoms in total. The molecule has 0 aliphatic rings. The van der Waals surface area contributed by atoms with Gasteiger partial charge in [-0.15, -0.1) is 0 Å². The van der Waals surface area contributed by atoms with E-state index in [9.17, 15) is 4.79 Å². The summed E-state index contributed by atoms with van der Waals surface area (Å²) in [5.74, 6) is -0.0690. The summed E-state index contributed by atoms with van der Waals surface area (Å²) in [5, 5.41) is 6.36. The Hall–Kier alpha value is -1.26. The smallest absolute Gasteiger partial charge is 0.238 e. The molecule has 5 heteroatoms. The second-order valence-electron chi connectivity index (χ2n) is 3.89. The van der Waals surface area contributed by atoms with E-state index in [0.29, 0.717) is 17.3 Å². The molecular formula is C12H18ClN3O. The minimum atomic E-state index is -0.0690. The first kappa shape index (κ1) is 13.8. The number of rotatable bonds is 5. The number of carbonyl (C=O) groups excluding carboxylic acids is 1. The first-order valence-electron chi connectivity index (χ1n) is 5.52. The number of anilines is 2. The average molecular weight is 256 g/mol. The third-order valence-electron chi connectivity index (χ3n) is 2.25. The Morgan fingerprint density at radius 1 is 1.41 bits per heavy atom. The van der Waals surface area contributed by atoms with Gasteiger partial charge in [0, 0.05) is 19.8 Å².